The molecule has 2 N–H and O–H groups in total. The summed E-state index contributed by atoms with van der Waals surface area (Å²) in [5, 5.41) is 10.6. The molecule has 4 heteroatoms. The fourth-order valence-electron chi connectivity index (χ4n) is 1.34. The molecule has 0 radical (unpaired) electrons. The van der Waals surface area contributed by atoms with Crippen LogP contribution in [-0.2, 0) is 12.8 Å². The molecule has 0 saturated carbocycles. The minimum absolute atomic E-state index is 0.169. The summed E-state index contributed by atoms with van der Waals surface area (Å²) in [6.07, 6.45) is 2.98. The summed E-state index contributed by atoms with van der Waals surface area (Å²) in [6, 6.07) is 0. The minimum Gasteiger partial charge on any atom is -0.312 e. The van der Waals surface area contributed by atoms with Gasteiger partial charge in [0.05, 0.1) is 0 Å². The number of aromatic amines is 1. The highest BCUT2D eigenvalue weighted by molar-refractivity contribution is 4.91. The maximum absolute atomic E-state index is 4.41. The summed E-state index contributed by atoms with van der Waals surface area (Å²) in [6.45, 7) is 9.55. The summed E-state index contributed by atoms with van der Waals surface area (Å²) < 4.78 is 0. The second-order valence-electron chi connectivity index (χ2n) is 4.88. The van der Waals surface area contributed by atoms with Crippen molar-refractivity contribution in [2.45, 2.75) is 52.5 Å². The van der Waals surface area contributed by atoms with Gasteiger partial charge < -0.3 is 5.32 Å². The lowest BCUT2D eigenvalue weighted by molar-refractivity contribution is 0.427. The van der Waals surface area contributed by atoms with Gasteiger partial charge in [-0.25, -0.2) is 4.98 Å². The van der Waals surface area contributed by atoms with Crippen LogP contribution in [0, 0.1) is 0 Å². The number of aromatic nitrogens is 3. The van der Waals surface area contributed by atoms with Gasteiger partial charge in [-0.2, -0.15) is 5.10 Å². The van der Waals surface area contributed by atoms with Crippen LogP contribution in [0.5, 0.6) is 0 Å². The van der Waals surface area contributed by atoms with Crippen LogP contribution in [-0.4, -0.2) is 27.3 Å². The largest absolute Gasteiger partial charge is 0.312 e. The predicted octanol–water partition coefficient (Wildman–Crippen LogP) is 1.69. The zero-order chi connectivity index (χ0) is 11.3. The zero-order valence-corrected chi connectivity index (χ0v) is 10.2. The number of rotatable bonds is 5. The number of H-pyrrole nitrogens is 1. The average molecular weight is 210 g/mol. The van der Waals surface area contributed by atoms with Crippen molar-refractivity contribution in [2.75, 3.05) is 6.54 Å². The van der Waals surface area contributed by atoms with Gasteiger partial charge in [-0.3, -0.25) is 5.10 Å². The van der Waals surface area contributed by atoms with Crippen molar-refractivity contribution >= 4 is 0 Å². The Morgan fingerprint density at radius 1 is 1.27 bits per heavy atom. The fraction of sp³-hybridized carbons (Fsp3) is 0.818. The Morgan fingerprint density at radius 3 is 2.60 bits per heavy atom. The molecule has 15 heavy (non-hydrogen) atoms. The number of nitrogens with one attached hydrogen (secondary N) is 2. The average Bonchev–Trinajstić information content (AvgIpc) is 2.51. The molecule has 4 nitrogen and oxygen atoms in total. The molecule has 0 aliphatic heterocycles. The minimum atomic E-state index is 0.169. The molecule has 0 aliphatic rings. The van der Waals surface area contributed by atoms with E-state index < -0.39 is 0 Å². The van der Waals surface area contributed by atoms with Crippen LogP contribution in [0.2, 0.25) is 0 Å². The molecule has 0 spiro atoms. The van der Waals surface area contributed by atoms with Gasteiger partial charge in [-0.05, 0) is 27.2 Å². The summed E-state index contributed by atoms with van der Waals surface area (Å²) in [7, 11) is 0. The Balaban J connectivity index is 2.31. The Hall–Kier alpha value is -0.900. The monoisotopic (exact) mass is 210 g/mol. The molecule has 0 saturated heterocycles. The first kappa shape index (κ1) is 12.2. The van der Waals surface area contributed by atoms with Gasteiger partial charge in [-0.1, -0.05) is 6.92 Å². The molecule has 86 valence electrons. The van der Waals surface area contributed by atoms with Gasteiger partial charge >= 0.3 is 0 Å². The molecular weight excluding hydrogens is 188 g/mol. The van der Waals surface area contributed by atoms with E-state index in [-0.39, 0.29) is 5.54 Å². The molecule has 0 fully saturated rings. The van der Waals surface area contributed by atoms with E-state index in [4.69, 9.17) is 0 Å². The number of aryl methyl sites for hydroxylation is 1. The normalized spacial score (nSPS) is 12.0. The molecule has 1 rings (SSSR count). The highest BCUT2D eigenvalue weighted by Crippen LogP contribution is 2.00. The van der Waals surface area contributed by atoms with Gasteiger partial charge in [-0.15, -0.1) is 0 Å². The van der Waals surface area contributed by atoms with E-state index in [2.05, 4.69) is 48.2 Å². The van der Waals surface area contributed by atoms with Crippen LogP contribution < -0.4 is 5.32 Å². The van der Waals surface area contributed by atoms with E-state index >= 15 is 0 Å². The number of hydrogen-bond donors (Lipinski definition) is 2. The molecule has 0 unspecified atom stereocenters. The van der Waals surface area contributed by atoms with Crippen molar-refractivity contribution in [1.82, 2.24) is 20.5 Å². The molecule has 0 amide bonds. The van der Waals surface area contributed by atoms with E-state index in [9.17, 15) is 0 Å². The first-order valence-electron chi connectivity index (χ1n) is 5.66. The van der Waals surface area contributed by atoms with Gasteiger partial charge in [0.1, 0.15) is 5.82 Å². The standard InChI is InChI=1S/C11H22N4/c1-5-6-9-13-10(15-14-9)7-8-12-11(2,3)4/h12H,5-8H2,1-4H3,(H,13,14,15). The van der Waals surface area contributed by atoms with Crippen molar-refractivity contribution in [1.29, 1.82) is 0 Å². The van der Waals surface area contributed by atoms with Gasteiger partial charge in [0, 0.05) is 24.9 Å². The van der Waals surface area contributed by atoms with E-state index in [0.29, 0.717) is 0 Å². The van der Waals surface area contributed by atoms with E-state index in [0.717, 1.165) is 37.5 Å². The molecular formula is C11H22N4. The number of nitrogens with zero attached hydrogens (tertiary/aromatic N) is 2. The van der Waals surface area contributed by atoms with Crippen molar-refractivity contribution in [2.24, 2.45) is 0 Å². The van der Waals surface area contributed by atoms with Crippen LogP contribution in [0.4, 0.5) is 0 Å². The summed E-state index contributed by atoms with van der Waals surface area (Å²) in [5.41, 5.74) is 0.169. The molecule has 1 aromatic heterocycles. The topological polar surface area (TPSA) is 53.6 Å². The van der Waals surface area contributed by atoms with Crippen molar-refractivity contribution < 1.29 is 0 Å². The third-order valence-electron chi connectivity index (χ3n) is 2.07. The highest BCUT2D eigenvalue weighted by Gasteiger charge is 2.09. The molecule has 1 aromatic rings. The Kier molecular flexibility index (Phi) is 4.27. The smallest absolute Gasteiger partial charge is 0.151 e. The highest BCUT2D eigenvalue weighted by atomic mass is 15.2. The van der Waals surface area contributed by atoms with Gasteiger partial charge in [0.2, 0.25) is 0 Å². The molecule has 1 heterocycles. The van der Waals surface area contributed by atoms with E-state index in [1.54, 1.807) is 0 Å². The Bertz CT molecular complexity index is 285. The lowest BCUT2D eigenvalue weighted by Crippen LogP contribution is -2.37. The predicted molar refractivity (Wildman–Crippen MR) is 61.8 cm³/mol. The van der Waals surface area contributed by atoms with Crippen LogP contribution >= 0.6 is 0 Å². The van der Waals surface area contributed by atoms with Gasteiger partial charge in [0.15, 0.2) is 5.82 Å². The quantitative estimate of drug-likeness (QED) is 0.777. The zero-order valence-electron chi connectivity index (χ0n) is 10.2. The SMILES string of the molecule is CCCc1nc(CCNC(C)(C)C)n[nH]1. The van der Waals surface area contributed by atoms with E-state index in [1.807, 2.05) is 0 Å². The van der Waals surface area contributed by atoms with Crippen LogP contribution in [0.25, 0.3) is 0 Å². The van der Waals surface area contributed by atoms with Crippen molar-refractivity contribution in [3.05, 3.63) is 11.6 Å². The van der Waals surface area contributed by atoms with Crippen molar-refractivity contribution in [3.8, 4) is 0 Å². The van der Waals surface area contributed by atoms with Crippen molar-refractivity contribution in [3.63, 3.8) is 0 Å². The first-order chi connectivity index (χ1) is 7.01. The second kappa shape index (κ2) is 5.26. The summed E-state index contributed by atoms with van der Waals surface area (Å²) >= 11 is 0. The lowest BCUT2D eigenvalue weighted by Gasteiger charge is -2.19. The maximum atomic E-state index is 4.41. The lowest BCUT2D eigenvalue weighted by atomic mass is 10.1. The Morgan fingerprint density at radius 2 is 2.00 bits per heavy atom. The summed E-state index contributed by atoms with van der Waals surface area (Å²) in [4.78, 5) is 4.41. The third kappa shape index (κ3) is 4.93. The second-order valence-corrected chi connectivity index (χ2v) is 4.88. The molecule has 0 aliphatic carbocycles. The first-order valence-corrected chi connectivity index (χ1v) is 5.66. The van der Waals surface area contributed by atoms with Crippen LogP contribution in [0.1, 0.15) is 45.8 Å². The summed E-state index contributed by atoms with van der Waals surface area (Å²) in [5.74, 6) is 1.92. The fourth-order valence-corrected chi connectivity index (χ4v) is 1.34. The van der Waals surface area contributed by atoms with Gasteiger partial charge in [0.25, 0.3) is 0 Å². The van der Waals surface area contributed by atoms with Crippen LogP contribution in [0.15, 0.2) is 0 Å². The maximum Gasteiger partial charge on any atom is 0.151 e. The van der Waals surface area contributed by atoms with Crippen LogP contribution in [0.3, 0.4) is 0 Å². The molecule has 0 bridgehead atoms. The third-order valence-corrected chi connectivity index (χ3v) is 2.07. The number of hydrogen-bond acceptors (Lipinski definition) is 3. The molecule has 0 aromatic carbocycles. The molecule has 0 atom stereocenters. The Labute approximate surface area is 91.9 Å². The van der Waals surface area contributed by atoms with E-state index in [1.165, 1.54) is 0 Å².